The molecule has 7 nitrogen and oxygen atoms in total. The number of hydrogen-bond donors (Lipinski definition) is 0. The molecule has 2 atom stereocenters. The molecule has 0 aliphatic carbocycles. The fourth-order valence-corrected chi connectivity index (χ4v) is 5.28. The number of halogens is 9. The normalized spacial score (nSPS) is 16.8. The highest BCUT2D eigenvalue weighted by Gasteiger charge is 2.44. The van der Waals surface area contributed by atoms with Crippen molar-refractivity contribution in [1.82, 2.24) is 4.90 Å². The highest BCUT2D eigenvalue weighted by atomic mass is 19.4. The number of benzene rings is 3. The van der Waals surface area contributed by atoms with Gasteiger partial charge in [0.2, 0.25) is 0 Å². The molecule has 0 unspecified atom stereocenters. The van der Waals surface area contributed by atoms with E-state index in [1.807, 2.05) is 0 Å². The summed E-state index contributed by atoms with van der Waals surface area (Å²) in [5.41, 5.74) is -4.59. The van der Waals surface area contributed by atoms with Gasteiger partial charge in [0.25, 0.3) is 0 Å². The highest BCUT2D eigenvalue weighted by molar-refractivity contribution is 5.77. The summed E-state index contributed by atoms with van der Waals surface area (Å²) in [7, 11) is 1.32. The first-order valence-electron chi connectivity index (χ1n) is 14.8. The Labute approximate surface area is 274 Å². The smallest absolute Gasteiger partial charge is 0.416 e. The van der Waals surface area contributed by atoms with Crippen molar-refractivity contribution in [1.29, 1.82) is 0 Å². The summed E-state index contributed by atoms with van der Waals surface area (Å²) in [5.74, 6) is 0.0599. The van der Waals surface area contributed by atoms with E-state index >= 15 is 0 Å². The molecule has 1 heterocycles. The Morgan fingerprint density at radius 1 is 0.837 bits per heavy atom. The molecule has 0 bridgehead atoms. The fraction of sp³-hybridized carbons (Fsp3) is 0.394. The molecule has 1 aliphatic heterocycles. The number of amides is 1. The van der Waals surface area contributed by atoms with Crippen LogP contribution in [-0.2, 0) is 39.3 Å². The van der Waals surface area contributed by atoms with Crippen LogP contribution in [-0.4, -0.2) is 43.3 Å². The van der Waals surface area contributed by atoms with Crippen LogP contribution in [0.4, 0.5) is 44.3 Å². The maximum Gasteiger partial charge on any atom is 0.416 e. The first kappa shape index (κ1) is 37.2. The average Bonchev–Trinajstić information content (AvgIpc) is 3.30. The number of alkyl halides is 9. The third-order valence-corrected chi connectivity index (χ3v) is 7.66. The van der Waals surface area contributed by atoms with Crippen molar-refractivity contribution in [2.24, 2.45) is 0 Å². The van der Waals surface area contributed by atoms with Crippen molar-refractivity contribution >= 4 is 12.1 Å². The molecule has 0 aromatic heterocycles. The molecular formula is C33H30F9NO6. The molecule has 1 fully saturated rings. The van der Waals surface area contributed by atoms with E-state index in [2.05, 4.69) is 0 Å². The van der Waals surface area contributed by atoms with Crippen molar-refractivity contribution in [3.05, 3.63) is 82.4 Å². The number of esters is 1. The van der Waals surface area contributed by atoms with Crippen molar-refractivity contribution in [2.75, 3.05) is 20.3 Å². The summed E-state index contributed by atoms with van der Waals surface area (Å²) >= 11 is 0. The molecular weight excluding hydrogens is 677 g/mol. The van der Waals surface area contributed by atoms with Gasteiger partial charge < -0.3 is 18.9 Å². The quantitative estimate of drug-likeness (QED) is 0.112. The van der Waals surface area contributed by atoms with E-state index in [0.29, 0.717) is 18.6 Å². The number of carbonyl (C=O) groups is 2. The minimum atomic E-state index is -5.16. The van der Waals surface area contributed by atoms with Gasteiger partial charge in [-0.25, -0.2) is 4.79 Å². The van der Waals surface area contributed by atoms with Gasteiger partial charge in [0.1, 0.15) is 17.6 Å². The maximum absolute atomic E-state index is 13.8. The Balaban J connectivity index is 1.70. The van der Waals surface area contributed by atoms with Gasteiger partial charge in [0, 0.05) is 12.0 Å². The number of hydrogen-bond acceptors (Lipinski definition) is 6. The molecule has 0 radical (unpaired) electrons. The third kappa shape index (κ3) is 8.89. The molecule has 4 rings (SSSR count). The Morgan fingerprint density at radius 3 is 2.04 bits per heavy atom. The Kier molecular flexibility index (Phi) is 11.0. The minimum Gasteiger partial charge on any atom is -0.496 e. The molecule has 1 saturated heterocycles. The lowest BCUT2D eigenvalue weighted by molar-refractivity contribution is -0.144. The van der Waals surface area contributed by atoms with Crippen LogP contribution < -0.4 is 9.47 Å². The molecule has 266 valence electrons. The molecule has 1 amide bonds. The summed E-state index contributed by atoms with van der Waals surface area (Å²) in [6.07, 6.45) is -17.5. The number of carbonyl (C=O) groups excluding carboxylic acids is 2. The Morgan fingerprint density at radius 2 is 1.47 bits per heavy atom. The van der Waals surface area contributed by atoms with Crippen LogP contribution in [0.1, 0.15) is 60.6 Å². The van der Waals surface area contributed by atoms with E-state index in [9.17, 15) is 49.1 Å². The van der Waals surface area contributed by atoms with Gasteiger partial charge in [-0.3, -0.25) is 9.69 Å². The second-order valence-corrected chi connectivity index (χ2v) is 11.0. The number of methoxy groups -OCH3 is 1. The lowest BCUT2D eigenvalue weighted by Gasteiger charge is -2.24. The predicted molar refractivity (Wildman–Crippen MR) is 155 cm³/mol. The van der Waals surface area contributed by atoms with Gasteiger partial charge in [-0.2, -0.15) is 39.5 Å². The highest BCUT2D eigenvalue weighted by Crippen LogP contribution is 2.43. The zero-order chi connectivity index (χ0) is 36.3. The molecule has 3 aromatic rings. The predicted octanol–water partition coefficient (Wildman–Crippen LogP) is 9.22. The molecule has 0 spiro atoms. The van der Waals surface area contributed by atoms with Gasteiger partial charge in [-0.15, -0.1) is 0 Å². The monoisotopic (exact) mass is 707 g/mol. The van der Waals surface area contributed by atoms with E-state index in [-0.39, 0.29) is 53.9 Å². The van der Waals surface area contributed by atoms with Crippen LogP contribution in [0, 0.1) is 0 Å². The molecule has 49 heavy (non-hydrogen) atoms. The third-order valence-electron chi connectivity index (χ3n) is 7.66. The van der Waals surface area contributed by atoms with Crippen molar-refractivity contribution in [3.63, 3.8) is 0 Å². The van der Waals surface area contributed by atoms with Gasteiger partial charge in [0.15, 0.2) is 0 Å². The van der Waals surface area contributed by atoms with Crippen LogP contribution >= 0.6 is 0 Å². The fourth-order valence-electron chi connectivity index (χ4n) is 5.28. The van der Waals surface area contributed by atoms with Gasteiger partial charge in [-0.1, -0.05) is 6.07 Å². The molecule has 0 saturated carbocycles. The van der Waals surface area contributed by atoms with Gasteiger partial charge in [0.05, 0.1) is 49.6 Å². The first-order chi connectivity index (χ1) is 22.8. The number of ether oxygens (including phenoxy) is 4. The zero-order valence-electron chi connectivity index (χ0n) is 26.2. The number of nitrogens with zero attached hydrogens (tertiary/aromatic N) is 1. The second kappa shape index (κ2) is 14.5. The first-order valence-corrected chi connectivity index (χ1v) is 14.8. The lowest BCUT2D eigenvalue weighted by Crippen LogP contribution is -2.32. The average molecular weight is 708 g/mol. The Bertz CT molecular complexity index is 1640. The zero-order valence-corrected chi connectivity index (χ0v) is 26.2. The van der Waals surface area contributed by atoms with Crippen LogP contribution in [0.25, 0.3) is 11.1 Å². The van der Waals surface area contributed by atoms with Crippen LogP contribution in [0.5, 0.6) is 11.5 Å². The van der Waals surface area contributed by atoms with Gasteiger partial charge in [-0.05, 0) is 85.5 Å². The number of rotatable bonds is 11. The second-order valence-electron chi connectivity index (χ2n) is 11.0. The summed E-state index contributed by atoms with van der Waals surface area (Å²) in [6, 6.07) is 6.83. The van der Waals surface area contributed by atoms with Gasteiger partial charge >= 0.3 is 30.6 Å². The minimum absolute atomic E-state index is 0.0662. The molecule has 3 aromatic carbocycles. The SMILES string of the molecule is CCOC(=O)CCCOc1ccc(OC)c(-c2ccc(C(F)(F)F)cc2CN2C(=O)O[C@H](c3cc(C(F)(F)F)cc(C(F)(F)F)c3)[C@@H]2C)c1. The van der Waals surface area contributed by atoms with Crippen LogP contribution in [0.2, 0.25) is 0 Å². The van der Waals surface area contributed by atoms with Crippen molar-refractivity contribution < 1.29 is 68.1 Å². The van der Waals surface area contributed by atoms with E-state index < -0.39 is 71.5 Å². The maximum atomic E-state index is 13.8. The Hall–Kier alpha value is -4.63. The summed E-state index contributed by atoms with van der Waals surface area (Å²) in [4.78, 5) is 25.6. The van der Waals surface area contributed by atoms with Crippen molar-refractivity contribution in [2.45, 2.75) is 63.9 Å². The van der Waals surface area contributed by atoms with E-state index in [0.717, 1.165) is 23.1 Å². The summed E-state index contributed by atoms with van der Waals surface area (Å²) in [6.45, 7) is 2.69. The van der Waals surface area contributed by atoms with Crippen molar-refractivity contribution in [3.8, 4) is 22.6 Å². The topological polar surface area (TPSA) is 74.3 Å². The van der Waals surface area contributed by atoms with E-state index in [1.54, 1.807) is 6.92 Å². The summed E-state index contributed by atoms with van der Waals surface area (Å²) in [5, 5.41) is 0. The van der Waals surface area contributed by atoms with E-state index in [4.69, 9.17) is 18.9 Å². The molecule has 0 N–H and O–H groups in total. The van der Waals surface area contributed by atoms with Crippen LogP contribution in [0.15, 0.2) is 54.6 Å². The summed E-state index contributed by atoms with van der Waals surface area (Å²) < 4.78 is 144. The lowest BCUT2D eigenvalue weighted by atomic mass is 9.94. The van der Waals surface area contributed by atoms with Crippen LogP contribution in [0.3, 0.4) is 0 Å². The molecule has 16 heteroatoms. The number of cyclic esters (lactones) is 1. The standard InChI is InChI=1S/C33H30F9NO6/c1-4-47-28(44)6-5-11-48-24-8-10-27(46-3)26(16-24)25-9-7-21(31(34,35)36)14-20(25)17-43-18(2)29(49-30(43)45)19-12-22(32(37,38)39)15-23(13-19)33(40,41)42/h7-10,12-16,18,29H,4-6,11,17H2,1-3H3/t18-,29-/m0/s1. The molecule has 1 aliphatic rings. The van der Waals surface area contributed by atoms with E-state index in [1.165, 1.54) is 32.2 Å². The largest absolute Gasteiger partial charge is 0.496 e.